The molecule has 1 aliphatic rings. The number of nitrogens with one attached hydrogen (secondary N) is 1. The number of ether oxygens (including phenoxy) is 3. The van der Waals surface area contributed by atoms with Crippen LogP contribution in [0.15, 0.2) is 60.7 Å². The van der Waals surface area contributed by atoms with Gasteiger partial charge in [-0.05, 0) is 80.1 Å². The van der Waals surface area contributed by atoms with E-state index in [0.29, 0.717) is 34.2 Å². The number of fused-ring (bicyclic) bond motifs is 1. The molecule has 186 valence electrons. The standard InChI is InChI=1S/C27H25FN2O6/c1-16-12-19(28)5-11-24(16)35-14-23(31)18-4-10-25-22(13-18)30(26(32)15-36-25)17(2)27(33)29-20-6-8-21(34-3)9-7-20/h4-13,17H,14-15H2,1-3H3,(H,29,33). The third-order valence-corrected chi connectivity index (χ3v) is 5.78. The number of rotatable bonds is 8. The summed E-state index contributed by atoms with van der Waals surface area (Å²) >= 11 is 0. The molecule has 1 N–H and O–H groups in total. The number of amides is 2. The van der Waals surface area contributed by atoms with Gasteiger partial charge in [-0.15, -0.1) is 0 Å². The molecular formula is C27H25FN2O6. The maximum atomic E-state index is 13.3. The average molecular weight is 493 g/mol. The van der Waals surface area contributed by atoms with Gasteiger partial charge in [0, 0.05) is 11.3 Å². The van der Waals surface area contributed by atoms with Crippen LogP contribution >= 0.6 is 0 Å². The Labute approximate surface area is 207 Å². The number of hydrogen-bond acceptors (Lipinski definition) is 6. The lowest BCUT2D eigenvalue weighted by Crippen LogP contribution is -2.49. The van der Waals surface area contributed by atoms with E-state index in [1.807, 2.05) is 0 Å². The van der Waals surface area contributed by atoms with Crippen LogP contribution < -0.4 is 24.4 Å². The van der Waals surface area contributed by atoms with Crippen molar-refractivity contribution < 1.29 is 33.0 Å². The first-order chi connectivity index (χ1) is 17.3. The SMILES string of the molecule is COc1ccc(NC(=O)C(C)N2C(=O)COc3ccc(C(=O)COc4ccc(F)cc4C)cc32)cc1. The summed E-state index contributed by atoms with van der Waals surface area (Å²) in [6.07, 6.45) is 0. The Bertz CT molecular complexity index is 1310. The van der Waals surface area contributed by atoms with Gasteiger partial charge in [-0.25, -0.2) is 4.39 Å². The topological polar surface area (TPSA) is 94.2 Å². The predicted octanol–water partition coefficient (Wildman–Crippen LogP) is 4.16. The number of halogens is 1. The van der Waals surface area contributed by atoms with Gasteiger partial charge in [0.1, 0.15) is 29.1 Å². The second-order valence-corrected chi connectivity index (χ2v) is 8.25. The molecular weight excluding hydrogens is 467 g/mol. The Morgan fingerprint density at radius 3 is 2.56 bits per heavy atom. The summed E-state index contributed by atoms with van der Waals surface area (Å²) in [6.45, 7) is 2.77. The second-order valence-electron chi connectivity index (χ2n) is 8.25. The lowest BCUT2D eigenvalue weighted by Gasteiger charge is -2.33. The minimum Gasteiger partial charge on any atom is -0.497 e. The van der Waals surface area contributed by atoms with Gasteiger partial charge in [0.25, 0.3) is 5.91 Å². The third kappa shape index (κ3) is 5.30. The summed E-state index contributed by atoms with van der Waals surface area (Å²) < 4.78 is 29.5. The van der Waals surface area contributed by atoms with Gasteiger partial charge in [-0.1, -0.05) is 0 Å². The van der Waals surface area contributed by atoms with Crippen molar-refractivity contribution in [2.45, 2.75) is 19.9 Å². The summed E-state index contributed by atoms with van der Waals surface area (Å²) in [7, 11) is 1.55. The van der Waals surface area contributed by atoms with Crippen LogP contribution in [0.4, 0.5) is 15.8 Å². The highest BCUT2D eigenvalue weighted by molar-refractivity contribution is 6.08. The van der Waals surface area contributed by atoms with E-state index >= 15 is 0 Å². The maximum absolute atomic E-state index is 13.3. The molecule has 1 heterocycles. The molecule has 2 amide bonds. The Kier molecular flexibility index (Phi) is 7.19. The first-order valence-corrected chi connectivity index (χ1v) is 11.2. The molecule has 4 rings (SSSR count). The summed E-state index contributed by atoms with van der Waals surface area (Å²) in [5, 5.41) is 2.78. The molecule has 0 saturated heterocycles. The molecule has 0 aliphatic carbocycles. The Morgan fingerprint density at radius 1 is 1.11 bits per heavy atom. The van der Waals surface area contributed by atoms with E-state index in [4.69, 9.17) is 14.2 Å². The molecule has 3 aromatic carbocycles. The lowest BCUT2D eigenvalue weighted by molar-refractivity contribution is -0.125. The van der Waals surface area contributed by atoms with Gasteiger partial charge in [0.15, 0.2) is 19.0 Å². The fraction of sp³-hybridized carbons (Fsp3) is 0.222. The molecule has 0 spiro atoms. The molecule has 1 atom stereocenters. The minimum absolute atomic E-state index is 0.229. The monoisotopic (exact) mass is 492 g/mol. The largest absolute Gasteiger partial charge is 0.497 e. The van der Waals surface area contributed by atoms with Crippen molar-refractivity contribution >= 4 is 29.0 Å². The molecule has 0 fully saturated rings. The molecule has 36 heavy (non-hydrogen) atoms. The summed E-state index contributed by atoms with van der Waals surface area (Å²) in [4.78, 5) is 39.9. The Balaban J connectivity index is 1.51. The number of ketones is 1. The number of anilines is 2. The van der Waals surface area contributed by atoms with E-state index in [2.05, 4.69) is 5.32 Å². The fourth-order valence-electron chi connectivity index (χ4n) is 3.81. The zero-order chi connectivity index (χ0) is 25.8. The van der Waals surface area contributed by atoms with E-state index < -0.39 is 23.7 Å². The molecule has 0 saturated carbocycles. The smallest absolute Gasteiger partial charge is 0.265 e. The molecule has 0 bridgehead atoms. The van der Waals surface area contributed by atoms with E-state index in [1.165, 1.54) is 29.2 Å². The van der Waals surface area contributed by atoms with Crippen molar-refractivity contribution in [1.82, 2.24) is 0 Å². The maximum Gasteiger partial charge on any atom is 0.265 e. The van der Waals surface area contributed by atoms with Crippen molar-refractivity contribution in [3.05, 3.63) is 77.6 Å². The predicted molar refractivity (Wildman–Crippen MR) is 131 cm³/mol. The van der Waals surface area contributed by atoms with Crippen molar-refractivity contribution in [2.75, 3.05) is 30.5 Å². The van der Waals surface area contributed by atoms with E-state index in [0.717, 1.165) is 0 Å². The van der Waals surface area contributed by atoms with Crippen LogP contribution in [0.25, 0.3) is 0 Å². The highest BCUT2D eigenvalue weighted by Gasteiger charge is 2.33. The van der Waals surface area contributed by atoms with Crippen LogP contribution in [0, 0.1) is 12.7 Å². The minimum atomic E-state index is -0.884. The van der Waals surface area contributed by atoms with Crippen LogP contribution in [0.2, 0.25) is 0 Å². The van der Waals surface area contributed by atoms with Crippen LogP contribution in [0.1, 0.15) is 22.8 Å². The van der Waals surface area contributed by atoms with E-state index in [9.17, 15) is 18.8 Å². The quantitative estimate of drug-likeness (QED) is 0.475. The number of Topliss-reactive ketones (excluding diaryl/α,β-unsaturated/α-hetero) is 1. The van der Waals surface area contributed by atoms with Crippen LogP contribution in [-0.2, 0) is 9.59 Å². The van der Waals surface area contributed by atoms with Gasteiger partial charge >= 0.3 is 0 Å². The average Bonchev–Trinajstić information content (AvgIpc) is 2.87. The number of hydrogen-bond donors (Lipinski definition) is 1. The zero-order valence-electron chi connectivity index (χ0n) is 20.0. The van der Waals surface area contributed by atoms with Gasteiger partial charge in [0.05, 0.1) is 12.8 Å². The summed E-state index contributed by atoms with van der Waals surface area (Å²) in [6, 6.07) is 14.6. The molecule has 3 aromatic rings. The Morgan fingerprint density at radius 2 is 1.86 bits per heavy atom. The van der Waals surface area contributed by atoms with Crippen molar-refractivity contribution in [2.24, 2.45) is 0 Å². The van der Waals surface area contributed by atoms with E-state index in [1.54, 1.807) is 57.4 Å². The number of nitrogens with zero attached hydrogens (tertiary/aromatic N) is 1. The van der Waals surface area contributed by atoms with Crippen LogP contribution in [0.5, 0.6) is 17.2 Å². The molecule has 9 heteroatoms. The van der Waals surface area contributed by atoms with Gasteiger partial charge < -0.3 is 19.5 Å². The number of aryl methyl sites for hydroxylation is 1. The molecule has 1 aliphatic heterocycles. The van der Waals surface area contributed by atoms with Gasteiger partial charge in [0.2, 0.25) is 5.91 Å². The first-order valence-electron chi connectivity index (χ1n) is 11.2. The van der Waals surface area contributed by atoms with Gasteiger partial charge in [-0.2, -0.15) is 0 Å². The number of carbonyl (C=O) groups excluding carboxylic acids is 3. The lowest BCUT2D eigenvalue weighted by atomic mass is 10.1. The highest BCUT2D eigenvalue weighted by Crippen LogP contribution is 2.35. The fourth-order valence-corrected chi connectivity index (χ4v) is 3.81. The number of carbonyl (C=O) groups is 3. The zero-order valence-corrected chi connectivity index (χ0v) is 20.0. The molecule has 1 unspecified atom stereocenters. The normalized spacial score (nSPS) is 13.3. The van der Waals surface area contributed by atoms with Crippen molar-refractivity contribution in [3.8, 4) is 17.2 Å². The van der Waals surface area contributed by atoms with Crippen molar-refractivity contribution in [3.63, 3.8) is 0 Å². The van der Waals surface area contributed by atoms with Crippen molar-refractivity contribution in [1.29, 1.82) is 0 Å². The highest BCUT2D eigenvalue weighted by atomic mass is 19.1. The summed E-state index contributed by atoms with van der Waals surface area (Å²) in [5.41, 5.74) is 1.70. The van der Waals surface area contributed by atoms with Crippen LogP contribution in [0.3, 0.4) is 0 Å². The molecule has 8 nitrogen and oxygen atoms in total. The molecule has 0 radical (unpaired) electrons. The second kappa shape index (κ2) is 10.5. The number of methoxy groups -OCH3 is 1. The Hall–Kier alpha value is -4.40. The third-order valence-electron chi connectivity index (χ3n) is 5.78. The molecule has 0 aromatic heterocycles. The van der Waals surface area contributed by atoms with Gasteiger partial charge in [-0.3, -0.25) is 19.3 Å². The summed E-state index contributed by atoms with van der Waals surface area (Å²) in [5.74, 6) is -0.146. The number of benzene rings is 3. The first kappa shape index (κ1) is 24.7. The van der Waals surface area contributed by atoms with E-state index in [-0.39, 0.29) is 24.6 Å². The van der Waals surface area contributed by atoms with Crippen LogP contribution in [-0.4, -0.2) is 44.0 Å².